The van der Waals surface area contributed by atoms with Crippen molar-refractivity contribution in [3.63, 3.8) is 0 Å². The van der Waals surface area contributed by atoms with Gasteiger partial charge in [0.2, 0.25) is 0 Å². The first-order valence-corrected chi connectivity index (χ1v) is 0. The molecule has 0 radical (unpaired) electrons. The molecule has 0 aliphatic heterocycles. The molecule has 0 saturated heterocycles. The molecule has 0 heterocycles. The van der Waals surface area contributed by atoms with Crippen LogP contribution in [-0.4, -0.2) is 0 Å². The summed E-state index contributed by atoms with van der Waals surface area (Å²) in [6.45, 7) is 0. The van der Waals surface area contributed by atoms with E-state index in [0.717, 1.165) is 0 Å². The van der Waals surface area contributed by atoms with Crippen LogP contribution in [0, 0.1) is 35.6 Å². The Hall–Kier alpha value is 2.37. The second kappa shape index (κ2) is 18.2. The van der Waals surface area contributed by atoms with Crippen LogP contribution < -0.4 is 43.7 Å². The smallest absolute Gasteiger partial charge is 1.00 e. The molecular formula is Cl2LaLi+2. The third-order valence-corrected chi connectivity index (χ3v) is 0. The van der Waals surface area contributed by atoms with E-state index >= 15 is 0 Å². The summed E-state index contributed by atoms with van der Waals surface area (Å²) >= 11 is 0. The molecular weight excluding hydrogens is 217 g/mol. The first-order chi connectivity index (χ1) is 0. The minimum absolute atomic E-state index is 0. The molecule has 0 aliphatic carbocycles. The van der Waals surface area contributed by atoms with Crippen molar-refractivity contribution < 1.29 is 79.3 Å². The molecule has 0 atom stereocenters. The average Bonchev–Trinajstić information content (AvgIpc) is 0. The van der Waals surface area contributed by atoms with E-state index < -0.39 is 0 Å². The van der Waals surface area contributed by atoms with Gasteiger partial charge in [-0.05, 0) is 0 Å². The quantitative estimate of drug-likeness (QED) is 0.353. The predicted molar refractivity (Wildman–Crippen MR) is 0 cm³/mol. The maximum Gasteiger partial charge on any atom is 3.00 e. The Balaban J connectivity index is 0. The number of hydrogen-bond donors (Lipinski definition) is 0. The van der Waals surface area contributed by atoms with Gasteiger partial charge < -0.3 is 24.8 Å². The van der Waals surface area contributed by atoms with Gasteiger partial charge >= 0.3 is 54.5 Å². The maximum atomic E-state index is 0. The molecule has 0 nitrogen and oxygen atoms in total. The van der Waals surface area contributed by atoms with Crippen LogP contribution in [0.15, 0.2) is 0 Å². The third kappa shape index (κ3) is 8.84. The Kier molecular flexibility index (Phi) is 149. The largest absolute Gasteiger partial charge is 3.00 e. The zero-order valence-corrected chi connectivity index (χ0v) is 7.47. The van der Waals surface area contributed by atoms with Crippen LogP contribution in [0.4, 0.5) is 0 Å². The maximum absolute atomic E-state index is 0. The average molecular weight is 217 g/mol. The molecule has 0 unspecified atom stereocenters. The van der Waals surface area contributed by atoms with E-state index in [0.29, 0.717) is 0 Å². The van der Waals surface area contributed by atoms with Crippen molar-refractivity contribution in [2.24, 2.45) is 0 Å². The van der Waals surface area contributed by atoms with Crippen molar-refractivity contribution in [1.29, 1.82) is 0 Å². The molecule has 0 spiro atoms. The summed E-state index contributed by atoms with van der Waals surface area (Å²) in [6.07, 6.45) is 0. The normalized spacial score (nSPS) is 0. The van der Waals surface area contributed by atoms with Crippen LogP contribution in [0.25, 0.3) is 0 Å². The van der Waals surface area contributed by atoms with Gasteiger partial charge in [-0.25, -0.2) is 0 Å². The SMILES string of the molecule is [Cl-].[Cl-].[La+3].[Li+]. The number of halogens is 2. The van der Waals surface area contributed by atoms with E-state index in [1.54, 1.807) is 0 Å². The molecule has 0 N–H and O–H groups in total. The van der Waals surface area contributed by atoms with Crippen molar-refractivity contribution in [2.45, 2.75) is 0 Å². The zero-order chi connectivity index (χ0) is 0. The molecule has 4 heteroatoms. The Bertz CT molecular complexity index is 6.00. The van der Waals surface area contributed by atoms with Gasteiger partial charge in [0.15, 0.2) is 0 Å². The minimum atomic E-state index is 0. The van der Waals surface area contributed by atoms with Gasteiger partial charge in [0.05, 0.1) is 0 Å². The minimum Gasteiger partial charge on any atom is -1.00 e. The molecule has 0 fully saturated rings. The first kappa shape index (κ1) is 32.7. The summed E-state index contributed by atoms with van der Waals surface area (Å²) in [4.78, 5) is 0. The molecule has 0 aliphatic rings. The molecule has 0 aromatic rings. The number of hydrogen-bond acceptors (Lipinski definition) is 0. The standard InChI is InChI=1S/2ClH.La.Li/h2*1H;;/q;;+3;+1/p-2. The summed E-state index contributed by atoms with van der Waals surface area (Å²) < 4.78 is 0. The van der Waals surface area contributed by atoms with Crippen molar-refractivity contribution in [3.05, 3.63) is 0 Å². The Morgan fingerprint density at radius 1 is 0.750 bits per heavy atom. The van der Waals surface area contributed by atoms with Crippen LogP contribution >= 0.6 is 0 Å². The summed E-state index contributed by atoms with van der Waals surface area (Å²) in [5.74, 6) is 0. The second-order valence-electron chi connectivity index (χ2n) is 0. The van der Waals surface area contributed by atoms with Gasteiger partial charge in [-0.1, -0.05) is 0 Å². The predicted octanol–water partition coefficient (Wildman–Crippen LogP) is -8.99. The third-order valence-electron chi connectivity index (χ3n) is 0. The fourth-order valence-corrected chi connectivity index (χ4v) is 0. The Morgan fingerprint density at radius 3 is 0.750 bits per heavy atom. The van der Waals surface area contributed by atoms with E-state index in [1.165, 1.54) is 0 Å². The topological polar surface area (TPSA) is 0 Å². The molecule has 0 aromatic carbocycles. The molecule has 0 aromatic heterocycles. The fraction of sp³-hybridized carbons (Fsp3) is 0. The summed E-state index contributed by atoms with van der Waals surface area (Å²) in [7, 11) is 0. The van der Waals surface area contributed by atoms with E-state index in [4.69, 9.17) is 0 Å². The Morgan fingerprint density at radius 2 is 0.750 bits per heavy atom. The van der Waals surface area contributed by atoms with Crippen LogP contribution in [0.3, 0.4) is 0 Å². The van der Waals surface area contributed by atoms with Crippen molar-refractivity contribution >= 4 is 0 Å². The summed E-state index contributed by atoms with van der Waals surface area (Å²) in [5.41, 5.74) is 0. The second-order valence-corrected chi connectivity index (χ2v) is 0. The van der Waals surface area contributed by atoms with E-state index in [-0.39, 0.29) is 79.3 Å². The molecule has 0 bridgehead atoms. The molecule has 16 valence electrons. The van der Waals surface area contributed by atoms with Crippen molar-refractivity contribution in [3.8, 4) is 0 Å². The fourth-order valence-electron chi connectivity index (χ4n) is 0. The van der Waals surface area contributed by atoms with Gasteiger partial charge in [-0.15, -0.1) is 0 Å². The van der Waals surface area contributed by atoms with Gasteiger partial charge in [-0.2, -0.15) is 0 Å². The van der Waals surface area contributed by atoms with Gasteiger partial charge in [0.1, 0.15) is 0 Å². The Labute approximate surface area is 78.1 Å². The zero-order valence-electron chi connectivity index (χ0n) is 2.33. The van der Waals surface area contributed by atoms with Crippen LogP contribution in [0.2, 0.25) is 0 Å². The van der Waals surface area contributed by atoms with Gasteiger partial charge in [-0.3, -0.25) is 0 Å². The summed E-state index contributed by atoms with van der Waals surface area (Å²) in [6, 6.07) is 0. The molecule has 0 amide bonds. The van der Waals surface area contributed by atoms with E-state index in [2.05, 4.69) is 0 Å². The van der Waals surface area contributed by atoms with Crippen LogP contribution in [-0.2, 0) is 0 Å². The molecule has 4 heavy (non-hydrogen) atoms. The van der Waals surface area contributed by atoms with Crippen LogP contribution in [0.5, 0.6) is 0 Å². The molecule has 0 rings (SSSR count). The van der Waals surface area contributed by atoms with E-state index in [1.807, 2.05) is 0 Å². The first-order valence-electron chi connectivity index (χ1n) is 0. The van der Waals surface area contributed by atoms with Crippen molar-refractivity contribution in [2.75, 3.05) is 0 Å². The summed E-state index contributed by atoms with van der Waals surface area (Å²) in [5, 5.41) is 0. The van der Waals surface area contributed by atoms with Crippen LogP contribution in [0.1, 0.15) is 0 Å². The van der Waals surface area contributed by atoms with E-state index in [9.17, 15) is 0 Å². The van der Waals surface area contributed by atoms with Gasteiger partial charge in [0, 0.05) is 0 Å². The monoisotopic (exact) mass is 216 g/mol. The van der Waals surface area contributed by atoms with Crippen molar-refractivity contribution in [1.82, 2.24) is 0 Å². The molecule has 0 saturated carbocycles. The number of rotatable bonds is 0. The van der Waals surface area contributed by atoms with Gasteiger partial charge in [0.25, 0.3) is 0 Å².